The Balaban J connectivity index is 2.03. The molecule has 1 aliphatic carbocycles. The van der Waals surface area contributed by atoms with Crippen molar-refractivity contribution in [1.82, 2.24) is 4.72 Å². The summed E-state index contributed by atoms with van der Waals surface area (Å²) in [6.45, 7) is 2.57. The van der Waals surface area contributed by atoms with Crippen LogP contribution < -0.4 is 4.72 Å². The first kappa shape index (κ1) is 14.5. The van der Waals surface area contributed by atoms with E-state index in [4.69, 9.17) is 5.11 Å². The maximum absolute atomic E-state index is 12.0. The molecule has 7 heteroatoms. The summed E-state index contributed by atoms with van der Waals surface area (Å²) in [5, 5.41) is 10.1. The normalized spacial score (nSPS) is 23.6. The van der Waals surface area contributed by atoms with Gasteiger partial charge in [0.2, 0.25) is 10.0 Å². The largest absolute Gasteiger partial charge is 0.478 e. The molecule has 0 bridgehead atoms. The third kappa shape index (κ3) is 3.34. The van der Waals surface area contributed by atoms with Crippen molar-refractivity contribution in [2.24, 2.45) is 11.8 Å². The van der Waals surface area contributed by atoms with Crippen LogP contribution in [0.4, 0.5) is 0 Å². The predicted molar refractivity (Wildman–Crippen MR) is 73.0 cm³/mol. The fraction of sp³-hybridized carbons (Fsp3) is 0.583. The number of sulfonamides is 1. The molecule has 0 aliphatic heterocycles. The zero-order chi connectivity index (χ0) is 14.0. The van der Waals surface area contributed by atoms with Gasteiger partial charge in [-0.2, -0.15) is 0 Å². The molecule has 1 heterocycles. The van der Waals surface area contributed by atoms with Crippen molar-refractivity contribution in [3.05, 3.63) is 17.0 Å². The number of thiophene rings is 1. The average molecular weight is 303 g/mol. The van der Waals surface area contributed by atoms with Crippen LogP contribution in [-0.2, 0) is 10.0 Å². The summed E-state index contributed by atoms with van der Waals surface area (Å²) in [5.41, 5.74) is 0.0135. The molecule has 0 amide bonds. The van der Waals surface area contributed by atoms with E-state index in [0.29, 0.717) is 18.4 Å². The van der Waals surface area contributed by atoms with Crippen molar-refractivity contribution in [3.63, 3.8) is 0 Å². The molecule has 0 spiro atoms. The lowest BCUT2D eigenvalue weighted by molar-refractivity contribution is 0.0697. The highest BCUT2D eigenvalue weighted by atomic mass is 32.2. The summed E-state index contributed by atoms with van der Waals surface area (Å²) >= 11 is 0.937. The summed E-state index contributed by atoms with van der Waals surface area (Å²) in [5.74, 6) is -0.184. The summed E-state index contributed by atoms with van der Waals surface area (Å²) in [6.07, 6.45) is 3.35. The predicted octanol–water partition coefficient (Wildman–Crippen LogP) is 2.16. The van der Waals surface area contributed by atoms with Gasteiger partial charge >= 0.3 is 5.97 Å². The highest BCUT2D eigenvalue weighted by Gasteiger charge is 2.26. The first-order chi connectivity index (χ1) is 8.90. The molecule has 1 aromatic heterocycles. The molecular formula is C12H17NO4S2. The van der Waals surface area contributed by atoms with Crippen LogP contribution in [0.3, 0.4) is 0 Å². The van der Waals surface area contributed by atoms with E-state index >= 15 is 0 Å². The van der Waals surface area contributed by atoms with E-state index in [2.05, 4.69) is 11.6 Å². The number of hydrogen-bond donors (Lipinski definition) is 2. The Labute approximate surface area is 116 Å². The standard InChI is InChI=1S/C12H17NO4S2/c1-8-3-2-4-9(8)6-13-19(16,17)11-5-10(7-18-11)12(14)15/h5,7-9,13H,2-4,6H2,1H3,(H,14,15). The maximum Gasteiger partial charge on any atom is 0.336 e. The van der Waals surface area contributed by atoms with E-state index in [-0.39, 0.29) is 9.77 Å². The first-order valence-corrected chi connectivity index (χ1v) is 8.58. The Morgan fingerprint density at radius 1 is 1.53 bits per heavy atom. The van der Waals surface area contributed by atoms with Crippen LogP contribution in [0, 0.1) is 11.8 Å². The molecule has 2 unspecified atom stereocenters. The third-order valence-electron chi connectivity index (χ3n) is 3.66. The van der Waals surface area contributed by atoms with Gasteiger partial charge in [0, 0.05) is 11.9 Å². The Morgan fingerprint density at radius 2 is 2.26 bits per heavy atom. The van der Waals surface area contributed by atoms with E-state index in [1.807, 2.05) is 0 Å². The van der Waals surface area contributed by atoms with Crippen molar-refractivity contribution in [3.8, 4) is 0 Å². The zero-order valence-electron chi connectivity index (χ0n) is 10.6. The van der Waals surface area contributed by atoms with Crippen molar-refractivity contribution in [1.29, 1.82) is 0 Å². The van der Waals surface area contributed by atoms with Gasteiger partial charge in [-0.3, -0.25) is 0 Å². The van der Waals surface area contributed by atoms with E-state index in [0.717, 1.165) is 30.6 Å². The molecule has 1 aromatic rings. The topological polar surface area (TPSA) is 83.5 Å². The number of nitrogens with one attached hydrogen (secondary N) is 1. The minimum atomic E-state index is -3.58. The molecular weight excluding hydrogens is 286 g/mol. The lowest BCUT2D eigenvalue weighted by atomic mass is 9.99. The molecule has 5 nitrogen and oxygen atoms in total. The van der Waals surface area contributed by atoms with Crippen LogP contribution in [0.25, 0.3) is 0 Å². The van der Waals surface area contributed by atoms with Crippen molar-refractivity contribution in [2.45, 2.75) is 30.4 Å². The van der Waals surface area contributed by atoms with Gasteiger partial charge in [0.05, 0.1) is 5.56 Å². The molecule has 0 radical (unpaired) electrons. The number of carboxylic acids is 1. The molecule has 1 saturated carbocycles. The molecule has 2 atom stereocenters. The van der Waals surface area contributed by atoms with Crippen molar-refractivity contribution >= 4 is 27.3 Å². The van der Waals surface area contributed by atoms with Gasteiger partial charge < -0.3 is 5.11 Å². The summed E-state index contributed by atoms with van der Waals surface area (Å²) in [4.78, 5) is 10.7. The van der Waals surface area contributed by atoms with Gasteiger partial charge in [-0.1, -0.05) is 19.8 Å². The lowest BCUT2D eigenvalue weighted by Crippen LogP contribution is -2.29. The smallest absolute Gasteiger partial charge is 0.336 e. The number of rotatable bonds is 5. The fourth-order valence-electron chi connectivity index (χ4n) is 2.38. The first-order valence-electron chi connectivity index (χ1n) is 6.21. The molecule has 2 N–H and O–H groups in total. The SMILES string of the molecule is CC1CCCC1CNS(=O)(=O)c1cc(C(=O)O)cs1. The summed E-state index contributed by atoms with van der Waals surface area (Å²) in [6, 6.07) is 1.20. The van der Waals surface area contributed by atoms with Gasteiger partial charge in [0.1, 0.15) is 4.21 Å². The van der Waals surface area contributed by atoms with E-state index in [1.165, 1.54) is 11.4 Å². The quantitative estimate of drug-likeness (QED) is 0.873. The van der Waals surface area contributed by atoms with Gasteiger partial charge in [-0.05, 0) is 24.3 Å². The Bertz CT molecular complexity index is 564. The number of hydrogen-bond acceptors (Lipinski definition) is 4. The average Bonchev–Trinajstić information content (AvgIpc) is 2.95. The molecule has 2 rings (SSSR count). The molecule has 0 aromatic carbocycles. The molecule has 106 valence electrons. The lowest BCUT2D eigenvalue weighted by Gasteiger charge is -2.15. The second-order valence-electron chi connectivity index (χ2n) is 4.98. The van der Waals surface area contributed by atoms with Crippen LogP contribution in [0.5, 0.6) is 0 Å². The Hall–Kier alpha value is -0.920. The van der Waals surface area contributed by atoms with Gasteiger partial charge in [0.15, 0.2) is 0 Å². The minimum Gasteiger partial charge on any atom is -0.478 e. The number of carbonyl (C=O) groups is 1. The third-order valence-corrected chi connectivity index (χ3v) is 6.53. The second kappa shape index (κ2) is 5.60. The van der Waals surface area contributed by atoms with Crippen LogP contribution in [0.1, 0.15) is 36.5 Å². The monoisotopic (exact) mass is 303 g/mol. The van der Waals surface area contributed by atoms with Crippen LogP contribution in [-0.4, -0.2) is 26.0 Å². The van der Waals surface area contributed by atoms with Gasteiger partial charge in [0.25, 0.3) is 0 Å². The fourth-order valence-corrected chi connectivity index (χ4v) is 4.68. The highest BCUT2D eigenvalue weighted by molar-refractivity contribution is 7.91. The van der Waals surface area contributed by atoms with Crippen LogP contribution in [0.2, 0.25) is 0 Å². The van der Waals surface area contributed by atoms with Crippen LogP contribution >= 0.6 is 11.3 Å². The van der Waals surface area contributed by atoms with E-state index in [9.17, 15) is 13.2 Å². The molecule has 0 saturated heterocycles. The van der Waals surface area contributed by atoms with E-state index < -0.39 is 16.0 Å². The number of aromatic carboxylic acids is 1. The van der Waals surface area contributed by atoms with E-state index in [1.54, 1.807) is 0 Å². The Morgan fingerprint density at radius 3 is 2.79 bits per heavy atom. The van der Waals surface area contributed by atoms with Gasteiger partial charge in [-0.15, -0.1) is 11.3 Å². The molecule has 1 fully saturated rings. The zero-order valence-corrected chi connectivity index (χ0v) is 12.3. The maximum atomic E-state index is 12.0. The minimum absolute atomic E-state index is 0.0135. The molecule has 19 heavy (non-hydrogen) atoms. The van der Waals surface area contributed by atoms with Crippen molar-refractivity contribution < 1.29 is 18.3 Å². The second-order valence-corrected chi connectivity index (χ2v) is 7.88. The molecule has 1 aliphatic rings. The summed E-state index contributed by atoms with van der Waals surface area (Å²) < 4.78 is 26.7. The Kier molecular flexibility index (Phi) is 4.27. The van der Waals surface area contributed by atoms with Crippen LogP contribution in [0.15, 0.2) is 15.7 Å². The van der Waals surface area contributed by atoms with Crippen molar-refractivity contribution in [2.75, 3.05) is 6.54 Å². The van der Waals surface area contributed by atoms with Gasteiger partial charge in [-0.25, -0.2) is 17.9 Å². The highest BCUT2D eigenvalue weighted by Crippen LogP contribution is 2.31. The summed E-state index contributed by atoms with van der Waals surface area (Å²) in [7, 11) is -3.58. The number of carboxylic acid groups (broad SMARTS) is 1.